The number of hydrogen-bond acceptors (Lipinski definition) is 3. The van der Waals surface area contributed by atoms with Crippen LogP contribution in [-0.4, -0.2) is 45.4 Å². The van der Waals surface area contributed by atoms with Crippen LogP contribution < -0.4 is 5.32 Å². The predicted molar refractivity (Wildman–Crippen MR) is 75.0 cm³/mol. The summed E-state index contributed by atoms with van der Waals surface area (Å²) in [6.45, 7) is 5.40. The molecule has 0 spiro atoms. The van der Waals surface area contributed by atoms with Crippen molar-refractivity contribution >= 4 is 11.8 Å². The van der Waals surface area contributed by atoms with Crippen molar-refractivity contribution in [2.75, 3.05) is 13.1 Å². The number of rotatable bonds is 4. The Morgan fingerprint density at radius 1 is 1.45 bits per heavy atom. The Hall–Kier alpha value is -1.85. The highest BCUT2D eigenvalue weighted by molar-refractivity contribution is 5.87. The largest absolute Gasteiger partial charge is 0.353 e. The van der Waals surface area contributed by atoms with Crippen molar-refractivity contribution in [1.29, 1.82) is 0 Å². The normalized spacial score (nSPS) is 18.9. The van der Waals surface area contributed by atoms with Gasteiger partial charge in [0.2, 0.25) is 11.8 Å². The topological polar surface area (TPSA) is 67.2 Å². The van der Waals surface area contributed by atoms with Crippen LogP contribution in [0.15, 0.2) is 12.4 Å². The summed E-state index contributed by atoms with van der Waals surface area (Å²) in [4.78, 5) is 29.6. The molecule has 0 unspecified atom stereocenters. The van der Waals surface area contributed by atoms with Gasteiger partial charge >= 0.3 is 0 Å². The molecule has 1 atom stereocenters. The van der Waals surface area contributed by atoms with Crippen LogP contribution in [-0.2, 0) is 16.1 Å². The Morgan fingerprint density at radius 2 is 2.25 bits per heavy atom. The number of carbonyl (C=O) groups excluding carboxylic acids is 2. The van der Waals surface area contributed by atoms with E-state index in [1.54, 1.807) is 11.1 Å². The Balaban J connectivity index is 1.84. The maximum absolute atomic E-state index is 12.2. The average Bonchev–Trinajstić information content (AvgIpc) is 2.84. The van der Waals surface area contributed by atoms with E-state index in [4.69, 9.17) is 0 Å². The van der Waals surface area contributed by atoms with Crippen molar-refractivity contribution in [1.82, 2.24) is 19.8 Å². The van der Waals surface area contributed by atoms with Crippen LogP contribution in [0.5, 0.6) is 0 Å². The second-order valence-electron chi connectivity index (χ2n) is 5.18. The minimum absolute atomic E-state index is 0.0182. The van der Waals surface area contributed by atoms with Crippen LogP contribution in [0.4, 0.5) is 0 Å². The van der Waals surface area contributed by atoms with Gasteiger partial charge in [-0.15, -0.1) is 0 Å². The van der Waals surface area contributed by atoms with Gasteiger partial charge in [-0.05, 0) is 26.2 Å². The van der Waals surface area contributed by atoms with E-state index in [2.05, 4.69) is 10.3 Å². The second kappa shape index (κ2) is 6.54. The molecule has 6 nitrogen and oxygen atoms in total. The molecule has 1 aromatic heterocycles. The lowest BCUT2D eigenvalue weighted by Crippen LogP contribution is -2.51. The van der Waals surface area contributed by atoms with Gasteiger partial charge in [-0.1, -0.05) is 0 Å². The predicted octanol–water partition coefficient (Wildman–Crippen LogP) is 0.709. The van der Waals surface area contributed by atoms with Crippen molar-refractivity contribution in [2.24, 2.45) is 0 Å². The van der Waals surface area contributed by atoms with Gasteiger partial charge in [0.15, 0.2) is 0 Å². The first-order chi connectivity index (χ1) is 9.59. The molecule has 2 amide bonds. The van der Waals surface area contributed by atoms with E-state index < -0.39 is 0 Å². The molecule has 0 radical (unpaired) electrons. The van der Waals surface area contributed by atoms with Crippen LogP contribution in [0.3, 0.4) is 0 Å². The lowest BCUT2D eigenvalue weighted by molar-refractivity contribution is -0.140. The summed E-state index contributed by atoms with van der Waals surface area (Å²) in [6.07, 6.45) is 6.38. The molecule has 110 valence electrons. The molecule has 1 aromatic rings. The molecule has 1 fully saturated rings. The van der Waals surface area contributed by atoms with Crippen LogP contribution >= 0.6 is 0 Å². The number of aryl methyl sites for hydroxylation is 1. The molecule has 2 rings (SSSR count). The summed E-state index contributed by atoms with van der Waals surface area (Å²) >= 11 is 0. The fraction of sp³-hybridized carbons (Fsp3) is 0.643. The number of imidazole rings is 1. The highest BCUT2D eigenvalue weighted by Crippen LogP contribution is 2.17. The number of aromatic nitrogens is 2. The van der Waals surface area contributed by atoms with Gasteiger partial charge in [-0.3, -0.25) is 9.59 Å². The highest BCUT2D eigenvalue weighted by atomic mass is 16.2. The first-order valence-corrected chi connectivity index (χ1v) is 7.12. The summed E-state index contributed by atoms with van der Waals surface area (Å²) in [5.74, 6) is 0.871. The number of hydrogen-bond donors (Lipinski definition) is 1. The monoisotopic (exact) mass is 278 g/mol. The average molecular weight is 278 g/mol. The first kappa shape index (κ1) is 14.6. The minimum Gasteiger partial charge on any atom is -0.353 e. The standard InChI is InChI=1S/C14H22N4O2/c1-11-15-6-9-17(11)10-7-16-14(20)13-5-3-4-8-18(13)12(2)19/h6,9,13H,3-5,7-8,10H2,1-2H3,(H,16,20)/t13-/m1/s1. The Kier molecular flexibility index (Phi) is 4.76. The molecule has 0 aliphatic carbocycles. The summed E-state index contributed by atoms with van der Waals surface area (Å²) in [5.41, 5.74) is 0. The molecule has 1 aliphatic rings. The van der Waals surface area contributed by atoms with Crippen LogP contribution in [0.2, 0.25) is 0 Å². The fourth-order valence-electron chi connectivity index (χ4n) is 2.64. The van der Waals surface area contributed by atoms with E-state index in [-0.39, 0.29) is 17.9 Å². The molecule has 1 N–H and O–H groups in total. The molecule has 0 aromatic carbocycles. The molecule has 20 heavy (non-hydrogen) atoms. The van der Waals surface area contributed by atoms with Crippen molar-refractivity contribution in [2.45, 2.75) is 45.7 Å². The molecular weight excluding hydrogens is 256 g/mol. The van der Waals surface area contributed by atoms with Gasteiger partial charge in [0.05, 0.1) is 0 Å². The first-order valence-electron chi connectivity index (χ1n) is 7.12. The molecule has 1 saturated heterocycles. The summed E-state index contributed by atoms with van der Waals surface area (Å²) < 4.78 is 1.99. The van der Waals surface area contributed by atoms with Crippen molar-refractivity contribution in [3.8, 4) is 0 Å². The zero-order valence-electron chi connectivity index (χ0n) is 12.1. The fourth-order valence-corrected chi connectivity index (χ4v) is 2.64. The van der Waals surface area contributed by atoms with E-state index >= 15 is 0 Å². The Bertz CT molecular complexity index is 483. The second-order valence-corrected chi connectivity index (χ2v) is 5.18. The maximum atomic E-state index is 12.2. The minimum atomic E-state index is -0.301. The van der Waals surface area contributed by atoms with Crippen LogP contribution in [0, 0.1) is 6.92 Å². The Morgan fingerprint density at radius 3 is 2.90 bits per heavy atom. The van der Waals surface area contributed by atoms with E-state index in [0.29, 0.717) is 19.6 Å². The number of nitrogens with one attached hydrogen (secondary N) is 1. The van der Waals surface area contributed by atoms with Gasteiger partial charge < -0.3 is 14.8 Å². The number of amides is 2. The SMILES string of the molecule is CC(=O)N1CCCC[C@@H]1C(=O)NCCn1ccnc1C. The third-order valence-corrected chi connectivity index (χ3v) is 3.79. The van der Waals surface area contributed by atoms with Gasteiger partial charge in [0.25, 0.3) is 0 Å². The number of likely N-dealkylation sites (tertiary alicyclic amines) is 1. The zero-order chi connectivity index (χ0) is 14.5. The van der Waals surface area contributed by atoms with Crippen molar-refractivity contribution in [3.05, 3.63) is 18.2 Å². The molecule has 2 heterocycles. The van der Waals surface area contributed by atoms with E-state index in [1.807, 2.05) is 17.7 Å². The zero-order valence-corrected chi connectivity index (χ0v) is 12.1. The Labute approximate surface area is 119 Å². The van der Waals surface area contributed by atoms with Gasteiger partial charge in [-0.2, -0.15) is 0 Å². The summed E-state index contributed by atoms with van der Waals surface area (Å²) in [6, 6.07) is -0.301. The molecular formula is C14H22N4O2. The summed E-state index contributed by atoms with van der Waals surface area (Å²) in [7, 11) is 0. The molecule has 0 bridgehead atoms. The molecule has 6 heteroatoms. The van der Waals surface area contributed by atoms with Gasteiger partial charge in [0.1, 0.15) is 11.9 Å². The van der Waals surface area contributed by atoms with Gasteiger partial charge in [0, 0.05) is 39.0 Å². The third-order valence-electron chi connectivity index (χ3n) is 3.79. The molecule has 0 saturated carbocycles. The van der Waals surface area contributed by atoms with E-state index in [0.717, 1.165) is 25.1 Å². The van der Waals surface area contributed by atoms with Crippen molar-refractivity contribution in [3.63, 3.8) is 0 Å². The van der Waals surface area contributed by atoms with Crippen molar-refractivity contribution < 1.29 is 9.59 Å². The van der Waals surface area contributed by atoms with E-state index in [9.17, 15) is 9.59 Å². The third kappa shape index (κ3) is 3.37. The quantitative estimate of drug-likeness (QED) is 0.882. The lowest BCUT2D eigenvalue weighted by atomic mass is 10.0. The van der Waals surface area contributed by atoms with Crippen LogP contribution in [0.1, 0.15) is 32.0 Å². The highest BCUT2D eigenvalue weighted by Gasteiger charge is 2.29. The smallest absolute Gasteiger partial charge is 0.242 e. The summed E-state index contributed by atoms with van der Waals surface area (Å²) in [5, 5.41) is 2.92. The van der Waals surface area contributed by atoms with E-state index in [1.165, 1.54) is 6.92 Å². The number of carbonyl (C=O) groups is 2. The van der Waals surface area contributed by atoms with Gasteiger partial charge in [-0.25, -0.2) is 4.98 Å². The maximum Gasteiger partial charge on any atom is 0.242 e. The van der Waals surface area contributed by atoms with Crippen LogP contribution in [0.25, 0.3) is 0 Å². The lowest BCUT2D eigenvalue weighted by Gasteiger charge is -2.33. The number of piperidine rings is 1. The molecule has 1 aliphatic heterocycles. The number of nitrogens with zero attached hydrogens (tertiary/aromatic N) is 3.